The lowest BCUT2D eigenvalue weighted by molar-refractivity contribution is 0.0257. The Morgan fingerprint density at radius 3 is 2.54 bits per heavy atom. The van der Waals surface area contributed by atoms with Crippen LogP contribution in [0.15, 0.2) is 23.2 Å². The molecule has 150 valence electrons. The Labute approximate surface area is 174 Å². The van der Waals surface area contributed by atoms with Crippen molar-refractivity contribution >= 4 is 29.9 Å². The third-order valence-electron chi connectivity index (χ3n) is 4.05. The fourth-order valence-electron chi connectivity index (χ4n) is 2.69. The lowest BCUT2D eigenvalue weighted by Crippen LogP contribution is -2.40. The predicted molar refractivity (Wildman–Crippen MR) is 116 cm³/mol. The number of aliphatic imine (C=N–C) groups is 1. The highest BCUT2D eigenvalue weighted by atomic mass is 127. The Kier molecular flexibility index (Phi) is 12.6. The summed E-state index contributed by atoms with van der Waals surface area (Å²) in [5.74, 6) is 1.15. The van der Waals surface area contributed by atoms with Gasteiger partial charge in [0.05, 0.1) is 13.2 Å². The Bertz CT molecular complexity index is 556. The molecule has 0 saturated heterocycles. The summed E-state index contributed by atoms with van der Waals surface area (Å²) in [4.78, 5) is 6.26. The highest BCUT2D eigenvalue weighted by Crippen LogP contribution is 2.18. The molecule has 26 heavy (non-hydrogen) atoms. The van der Waals surface area contributed by atoms with Crippen molar-refractivity contribution in [2.45, 2.75) is 39.8 Å². The fraction of sp³-hybridized carbons (Fsp3) is 0.632. The predicted octanol–water partition coefficient (Wildman–Crippen LogP) is 3.91. The Hall–Kier alpha value is -1.09. The molecule has 1 unspecified atom stereocenters. The molecule has 1 aromatic rings. The van der Waals surface area contributed by atoms with Gasteiger partial charge in [-0.1, -0.05) is 19.9 Å². The number of halogens is 2. The second kappa shape index (κ2) is 13.1. The molecule has 0 amide bonds. The zero-order chi connectivity index (χ0) is 18.8. The van der Waals surface area contributed by atoms with Gasteiger partial charge in [0.15, 0.2) is 17.5 Å². The van der Waals surface area contributed by atoms with E-state index in [-0.39, 0.29) is 41.6 Å². The minimum Gasteiger partial charge on any atom is -0.494 e. The maximum Gasteiger partial charge on any atom is 0.193 e. The van der Waals surface area contributed by atoms with Crippen molar-refractivity contribution in [3.05, 3.63) is 29.6 Å². The zero-order valence-corrected chi connectivity index (χ0v) is 19.0. The van der Waals surface area contributed by atoms with Crippen molar-refractivity contribution in [1.82, 2.24) is 10.2 Å². The molecule has 1 atom stereocenters. The molecule has 0 aliphatic rings. The van der Waals surface area contributed by atoms with Crippen LogP contribution in [0.3, 0.4) is 0 Å². The summed E-state index contributed by atoms with van der Waals surface area (Å²) in [6, 6.07) is 4.99. The minimum absolute atomic E-state index is 0. The van der Waals surface area contributed by atoms with Crippen molar-refractivity contribution in [2.24, 2.45) is 10.9 Å². The molecule has 1 aromatic carbocycles. The molecule has 0 saturated carbocycles. The van der Waals surface area contributed by atoms with Crippen LogP contribution in [0, 0.1) is 11.7 Å². The first-order valence-corrected chi connectivity index (χ1v) is 8.78. The van der Waals surface area contributed by atoms with Crippen LogP contribution in [-0.2, 0) is 11.3 Å². The summed E-state index contributed by atoms with van der Waals surface area (Å²) < 4.78 is 24.5. The van der Waals surface area contributed by atoms with Crippen molar-refractivity contribution in [2.75, 3.05) is 34.4 Å². The van der Waals surface area contributed by atoms with E-state index in [4.69, 9.17) is 9.47 Å². The second-order valence-electron chi connectivity index (χ2n) is 6.33. The van der Waals surface area contributed by atoms with Gasteiger partial charge in [0.1, 0.15) is 0 Å². The monoisotopic (exact) mass is 481 g/mol. The van der Waals surface area contributed by atoms with Crippen molar-refractivity contribution in [1.29, 1.82) is 0 Å². The van der Waals surface area contributed by atoms with E-state index in [9.17, 15) is 4.39 Å². The summed E-state index contributed by atoms with van der Waals surface area (Å²) in [6.45, 7) is 8.40. The molecule has 0 fully saturated rings. The number of rotatable bonds is 9. The van der Waals surface area contributed by atoms with Gasteiger partial charge in [-0.25, -0.2) is 4.39 Å². The van der Waals surface area contributed by atoms with Crippen LogP contribution in [0.4, 0.5) is 4.39 Å². The van der Waals surface area contributed by atoms with Crippen LogP contribution < -0.4 is 10.1 Å². The quantitative estimate of drug-likeness (QED) is 0.330. The van der Waals surface area contributed by atoms with Crippen LogP contribution in [-0.4, -0.2) is 51.3 Å². The number of benzene rings is 1. The van der Waals surface area contributed by atoms with Crippen molar-refractivity contribution in [3.8, 4) is 5.75 Å². The summed E-state index contributed by atoms with van der Waals surface area (Å²) in [5.41, 5.74) is 0.859. The second-order valence-corrected chi connectivity index (χ2v) is 6.33. The largest absolute Gasteiger partial charge is 0.494 e. The summed E-state index contributed by atoms with van der Waals surface area (Å²) >= 11 is 0. The Balaban J connectivity index is 0.00000625. The van der Waals surface area contributed by atoms with Crippen LogP contribution in [0.1, 0.15) is 32.8 Å². The summed E-state index contributed by atoms with van der Waals surface area (Å²) in [7, 11) is 5.14. The molecule has 0 aliphatic carbocycles. The summed E-state index contributed by atoms with van der Waals surface area (Å²) in [6.07, 6.45) is 1.15. The van der Waals surface area contributed by atoms with Crippen LogP contribution in [0.2, 0.25) is 0 Å². The number of hydrogen-bond acceptors (Lipinski definition) is 3. The number of guanidine groups is 1. The molecule has 0 aliphatic heterocycles. The minimum atomic E-state index is -0.354. The van der Waals surface area contributed by atoms with Gasteiger partial charge in [0.25, 0.3) is 0 Å². The van der Waals surface area contributed by atoms with E-state index in [1.54, 1.807) is 13.1 Å². The van der Waals surface area contributed by atoms with E-state index in [0.717, 1.165) is 31.1 Å². The molecule has 7 heteroatoms. The molecule has 0 radical (unpaired) electrons. The average Bonchev–Trinajstić information content (AvgIpc) is 2.57. The third kappa shape index (κ3) is 8.07. The molecule has 0 aromatic heterocycles. The first kappa shape index (κ1) is 24.9. The molecule has 1 rings (SSSR count). The molecule has 5 nitrogen and oxygen atoms in total. The smallest absolute Gasteiger partial charge is 0.193 e. The molecule has 1 N–H and O–H groups in total. The number of nitrogens with zero attached hydrogens (tertiary/aromatic N) is 2. The first-order chi connectivity index (χ1) is 11.9. The van der Waals surface area contributed by atoms with E-state index >= 15 is 0 Å². The van der Waals surface area contributed by atoms with Gasteiger partial charge >= 0.3 is 0 Å². The molecular formula is C19H33FIN3O2. The highest BCUT2D eigenvalue weighted by molar-refractivity contribution is 14.0. The van der Waals surface area contributed by atoms with E-state index in [0.29, 0.717) is 12.5 Å². The van der Waals surface area contributed by atoms with Crippen molar-refractivity contribution in [3.63, 3.8) is 0 Å². The van der Waals surface area contributed by atoms with Crippen molar-refractivity contribution < 1.29 is 13.9 Å². The van der Waals surface area contributed by atoms with E-state index in [1.165, 1.54) is 13.2 Å². The van der Waals surface area contributed by atoms with Gasteiger partial charge in [0.2, 0.25) is 0 Å². The maximum atomic E-state index is 13.8. The van der Waals surface area contributed by atoms with Gasteiger partial charge in [0, 0.05) is 33.8 Å². The number of nitrogens with one attached hydrogen (secondary N) is 1. The van der Waals surface area contributed by atoms with Gasteiger partial charge in [-0.15, -0.1) is 24.0 Å². The standard InChI is InChI=1S/C19H32FN3O2.HI/c1-7-25-17(14(2)3)10-11-22-19(21-4)23(5)13-15-8-9-18(24-6)16(20)12-15;/h8-9,12,14,17H,7,10-11,13H2,1-6H3,(H,21,22);1H. The molecule has 0 bridgehead atoms. The Morgan fingerprint density at radius 2 is 2.04 bits per heavy atom. The van der Waals surface area contributed by atoms with Gasteiger partial charge in [-0.05, 0) is 37.0 Å². The fourth-order valence-corrected chi connectivity index (χ4v) is 2.69. The third-order valence-corrected chi connectivity index (χ3v) is 4.05. The summed E-state index contributed by atoms with van der Waals surface area (Å²) in [5, 5.41) is 3.35. The van der Waals surface area contributed by atoms with Crippen LogP contribution >= 0.6 is 24.0 Å². The highest BCUT2D eigenvalue weighted by Gasteiger charge is 2.14. The normalized spacial score (nSPS) is 12.5. The van der Waals surface area contributed by atoms with Crippen LogP contribution in [0.25, 0.3) is 0 Å². The lowest BCUT2D eigenvalue weighted by atomic mass is 10.0. The number of hydrogen-bond donors (Lipinski definition) is 1. The van der Waals surface area contributed by atoms with E-state index < -0.39 is 0 Å². The van der Waals surface area contributed by atoms with Crippen LogP contribution in [0.5, 0.6) is 5.75 Å². The SMILES string of the molecule is CCOC(CCNC(=NC)N(C)Cc1ccc(OC)c(F)c1)C(C)C.I. The topological polar surface area (TPSA) is 46.1 Å². The van der Waals surface area contributed by atoms with E-state index in [1.807, 2.05) is 24.9 Å². The van der Waals surface area contributed by atoms with Gasteiger partial charge in [-0.3, -0.25) is 4.99 Å². The van der Waals surface area contributed by atoms with Gasteiger partial charge < -0.3 is 19.7 Å². The number of methoxy groups -OCH3 is 1. The van der Waals surface area contributed by atoms with Gasteiger partial charge in [-0.2, -0.15) is 0 Å². The Morgan fingerprint density at radius 1 is 1.35 bits per heavy atom. The zero-order valence-electron chi connectivity index (χ0n) is 16.7. The lowest BCUT2D eigenvalue weighted by Gasteiger charge is -2.25. The number of ether oxygens (including phenoxy) is 2. The molecular weight excluding hydrogens is 448 g/mol. The first-order valence-electron chi connectivity index (χ1n) is 8.78. The average molecular weight is 481 g/mol. The van der Waals surface area contributed by atoms with E-state index in [2.05, 4.69) is 24.2 Å². The molecule has 0 heterocycles. The maximum absolute atomic E-state index is 13.8. The molecule has 0 spiro atoms.